The molecule has 0 aromatic carbocycles. The predicted octanol–water partition coefficient (Wildman–Crippen LogP) is 0.00760. The van der Waals surface area contributed by atoms with Gasteiger partial charge < -0.3 is 16.2 Å². The zero-order valence-corrected chi connectivity index (χ0v) is 8.96. The van der Waals surface area contributed by atoms with Crippen molar-refractivity contribution >= 4 is 5.97 Å². The number of carbonyl (C=O) groups is 1. The topological polar surface area (TPSA) is 78.3 Å². The second-order valence-corrected chi connectivity index (χ2v) is 4.10. The van der Waals surface area contributed by atoms with Gasteiger partial charge in [-0.05, 0) is 26.7 Å². The van der Waals surface area contributed by atoms with Crippen molar-refractivity contribution in [1.29, 1.82) is 0 Å². The summed E-state index contributed by atoms with van der Waals surface area (Å²) in [6.07, 6.45) is 6.07. The van der Waals surface area contributed by atoms with Crippen LogP contribution in [-0.2, 0) is 9.53 Å². The molecule has 0 heterocycles. The summed E-state index contributed by atoms with van der Waals surface area (Å²) in [5.74, 6) is 1.66. The highest BCUT2D eigenvalue weighted by Gasteiger charge is 2.34. The van der Waals surface area contributed by atoms with Crippen LogP contribution in [0.2, 0.25) is 0 Å². The molecule has 80 valence electrons. The number of methoxy groups -OCH3 is 1. The van der Waals surface area contributed by atoms with Crippen LogP contribution in [0.15, 0.2) is 0 Å². The Morgan fingerprint density at radius 1 is 1.43 bits per heavy atom. The molecule has 0 aliphatic carbocycles. The maximum Gasteiger partial charge on any atom is 0.338 e. The third kappa shape index (κ3) is 3.77. The lowest BCUT2D eigenvalue weighted by molar-refractivity contribution is -0.145. The van der Waals surface area contributed by atoms with Crippen LogP contribution in [0.1, 0.15) is 26.7 Å². The zero-order chi connectivity index (χ0) is 11.4. The fourth-order valence-corrected chi connectivity index (χ4v) is 0.935. The average molecular weight is 198 g/mol. The monoisotopic (exact) mass is 198 g/mol. The van der Waals surface area contributed by atoms with Gasteiger partial charge in [0.2, 0.25) is 0 Å². The maximum atomic E-state index is 11.3. The van der Waals surface area contributed by atoms with Crippen molar-refractivity contribution in [3.8, 4) is 12.3 Å². The van der Waals surface area contributed by atoms with Crippen molar-refractivity contribution in [2.75, 3.05) is 7.11 Å². The van der Waals surface area contributed by atoms with Crippen molar-refractivity contribution in [3.05, 3.63) is 0 Å². The van der Waals surface area contributed by atoms with Crippen molar-refractivity contribution in [1.82, 2.24) is 0 Å². The molecule has 4 heteroatoms. The van der Waals surface area contributed by atoms with Crippen molar-refractivity contribution in [2.24, 2.45) is 11.5 Å². The number of terminal acetylenes is 1. The van der Waals surface area contributed by atoms with Gasteiger partial charge in [-0.1, -0.05) is 5.92 Å². The number of nitrogens with two attached hydrogens (primary N) is 2. The number of carbonyl (C=O) groups excluding carboxylic acids is 1. The van der Waals surface area contributed by atoms with Gasteiger partial charge in [-0.3, -0.25) is 0 Å². The molecule has 0 unspecified atom stereocenters. The molecule has 0 rings (SSSR count). The van der Waals surface area contributed by atoms with E-state index >= 15 is 0 Å². The van der Waals surface area contributed by atoms with E-state index < -0.39 is 17.0 Å². The van der Waals surface area contributed by atoms with Crippen molar-refractivity contribution < 1.29 is 9.53 Å². The lowest BCUT2D eigenvalue weighted by Gasteiger charge is -2.25. The Labute approximate surface area is 85.0 Å². The Hall–Kier alpha value is -1.05. The Bertz CT molecular complexity index is 250. The number of esters is 1. The molecule has 0 saturated heterocycles. The first kappa shape index (κ1) is 12.9. The minimum Gasteiger partial charge on any atom is -0.467 e. The van der Waals surface area contributed by atoms with E-state index in [1.807, 2.05) is 13.8 Å². The third-order valence-electron chi connectivity index (χ3n) is 1.97. The van der Waals surface area contributed by atoms with Crippen LogP contribution in [0, 0.1) is 12.3 Å². The Balaban J connectivity index is 4.44. The molecule has 0 amide bonds. The number of ether oxygens (including phenoxy) is 1. The van der Waals surface area contributed by atoms with Crippen LogP contribution in [-0.4, -0.2) is 24.2 Å². The minimum atomic E-state index is -1.36. The van der Waals surface area contributed by atoms with Crippen LogP contribution in [0.3, 0.4) is 0 Å². The van der Waals surface area contributed by atoms with E-state index in [0.717, 1.165) is 0 Å². The number of rotatable bonds is 4. The summed E-state index contributed by atoms with van der Waals surface area (Å²) < 4.78 is 4.52. The van der Waals surface area contributed by atoms with Crippen LogP contribution < -0.4 is 11.5 Å². The fraction of sp³-hybridized carbons (Fsp3) is 0.700. The molecule has 0 fully saturated rings. The SMILES string of the molecule is C#C[C@](N)(CCC(C)(C)N)C(=O)OC. The normalized spacial score (nSPS) is 15.4. The van der Waals surface area contributed by atoms with E-state index in [-0.39, 0.29) is 0 Å². The summed E-state index contributed by atoms with van der Waals surface area (Å²) in [6.45, 7) is 3.70. The second kappa shape index (κ2) is 4.45. The van der Waals surface area contributed by atoms with Gasteiger partial charge in [0, 0.05) is 5.54 Å². The van der Waals surface area contributed by atoms with Crippen LogP contribution in [0.25, 0.3) is 0 Å². The lowest BCUT2D eigenvalue weighted by atomic mass is 9.89. The molecule has 4 nitrogen and oxygen atoms in total. The summed E-state index contributed by atoms with van der Waals surface area (Å²) in [6, 6.07) is 0. The van der Waals surface area contributed by atoms with Crippen molar-refractivity contribution in [3.63, 3.8) is 0 Å². The molecular weight excluding hydrogens is 180 g/mol. The highest BCUT2D eigenvalue weighted by Crippen LogP contribution is 2.16. The Morgan fingerprint density at radius 2 is 1.93 bits per heavy atom. The molecule has 0 bridgehead atoms. The predicted molar refractivity (Wildman–Crippen MR) is 55.3 cm³/mol. The van der Waals surface area contributed by atoms with Crippen LogP contribution in [0.5, 0.6) is 0 Å². The molecule has 0 aliphatic rings. The summed E-state index contributed by atoms with van der Waals surface area (Å²) in [5.41, 5.74) is 9.71. The average Bonchev–Trinajstić information content (AvgIpc) is 2.11. The van der Waals surface area contributed by atoms with Gasteiger partial charge >= 0.3 is 5.97 Å². The Kier molecular flexibility index (Phi) is 4.11. The first-order chi connectivity index (χ1) is 6.25. The molecule has 14 heavy (non-hydrogen) atoms. The van der Waals surface area contributed by atoms with Gasteiger partial charge in [0.15, 0.2) is 5.54 Å². The quantitative estimate of drug-likeness (QED) is 0.492. The molecule has 0 aromatic rings. The summed E-state index contributed by atoms with van der Waals surface area (Å²) >= 11 is 0. The highest BCUT2D eigenvalue weighted by molar-refractivity contribution is 5.84. The van der Waals surface area contributed by atoms with E-state index in [4.69, 9.17) is 17.9 Å². The summed E-state index contributed by atoms with van der Waals surface area (Å²) in [7, 11) is 1.26. The molecule has 0 aliphatic heterocycles. The number of hydrogen-bond donors (Lipinski definition) is 2. The van der Waals surface area contributed by atoms with E-state index in [0.29, 0.717) is 12.8 Å². The van der Waals surface area contributed by atoms with Gasteiger partial charge in [0.25, 0.3) is 0 Å². The first-order valence-corrected chi connectivity index (χ1v) is 4.39. The van der Waals surface area contributed by atoms with E-state index in [2.05, 4.69) is 10.7 Å². The smallest absolute Gasteiger partial charge is 0.338 e. The largest absolute Gasteiger partial charge is 0.467 e. The molecule has 4 N–H and O–H groups in total. The molecule has 0 radical (unpaired) electrons. The number of hydrogen-bond acceptors (Lipinski definition) is 4. The zero-order valence-electron chi connectivity index (χ0n) is 8.96. The standard InChI is InChI=1S/C10H18N2O2/c1-5-10(12,8(13)14-4)7-6-9(2,3)11/h1H,6-7,11-12H2,2-4H3/t10-/m0/s1. The molecule has 0 aromatic heterocycles. The molecule has 1 atom stereocenters. The second-order valence-electron chi connectivity index (χ2n) is 4.10. The van der Waals surface area contributed by atoms with Gasteiger partial charge in [-0.15, -0.1) is 6.42 Å². The van der Waals surface area contributed by atoms with Gasteiger partial charge in [0.05, 0.1) is 7.11 Å². The van der Waals surface area contributed by atoms with Crippen LogP contribution >= 0.6 is 0 Å². The summed E-state index contributed by atoms with van der Waals surface area (Å²) in [4.78, 5) is 11.3. The first-order valence-electron chi connectivity index (χ1n) is 4.39. The van der Waals surface area contributed by atoms with E-state index in [1.165, 1.54) is 7.11 Å². The summed E-state index contributed by atoms with van der Waals surface area (Å²) in [5, 5.41) is 0. The molecule has 0 spiro atoms. The third-order valence-corrected chi connectivity index (χ3v) is 1.97. The lowest BCUT2D eigenvalue weighted by Crippen LogP contribution is -2.49. The van der Waals surface area contributed by atoms with Gasteiger partial charge in [0.1, 0.15) is 0 Å². The Morgan fingerprint density at radius 3 is 2.21 bits per heavy atom. The van der Waals surface area contributed by atoms with Gasteiger partial charge in [-0.2, -0.15) is 0 Å². The fourth-order valence-electron chi connectivity index (χ4n) is 0.935. The van der Waals surface area contributed by atoms with E-state index in [1.54, 1.807) is 0 Å². The molecule has 0 saturated carbocycles. The maximum absolute atomic E-state index is 11.3. The molecular formula is C10H18N2O2. The highest BCUT2D eigenvalue weighted by atomic mass is 16.5. The minimum absolute atomic E-state index is 0.319. The van der Waals surface area contributed by atoms with E-state index in [9.17, 15) is 4.79 Å². The van der Waals surface area contributed by atoms with Crippen LogP contribution in [0.4, 0.5) is 0 Å². The van der Waals surface area contributed by atoms with Crippen molar-refractivity contribution in [2.45, 2.75) is 37.8 Å². The van der Waals surface area contributed by atoms with Gasteiger partial charge in [-0.25, -0.2) is 4.79 Å².